The van der Waals surface area contributed by atoms with E-state index in [4.69, 9.17) is 5.11 Å². The molecule has 1 aliphatic rings. The maximum Gasteiger partial charge on any atom is 0.306 e. The first-order chi connectivity index (χ1) is 9.08. The molecule has 0 unspecified atom stereocenters. The predicted octanol–water partition coefficient (Wildman–Crippen LogP) is 2.56. The van der Waals surface area contributed by atoms with E-state index >= 15 is 0 Å². The topological polar surface area (TPSA) is 66.4 Å². The van der Waals surface area contributed by atoms with Gasteiger partial charge in [-0.15, -0.1) is 11.3 Å². The molecule has 1 fully saturated rings. The van der Waals surface area contributed by atoms with Gasteiger partial charge in [-0.25, -0.2) is 0 Å². The average Bonchev–Trinajstić information content (AvgIpc) is 2.81. The minimum Gasteiger partial charge on any atom is -0.481 e. The zero-order valence-corrected chi connectivity index (χ0v) is 11.8. The van der Waals surface area contributed by atoms with Gasteiger partial charge in [-0.1, -0.05) is 0 Å². The van der Waals surface area contributed by atoms with Crippen molar-refractivity contribution in [2.24, 2.45) is 11.8 Å². The lowest BCUT2D eigenvalue weighted by Gasteiger charge is -2.25. The Labute approximate surface area is 116 Å². The molecule has 5 heteroatoms. The number of aryl methyl sites for hydroxylation is 1. The second-order valence-electron chi connectivity index (χ2n) is 5.13. The van der Waals surface area contributed by atoms with Crippen molar-refractivity contribution in [3.63, 3.8) is 0 Å². The van der Waals surface area contributed by atoms with Gasteiger partial charge in [0.15, 0.2) is 0 Å². The zero-order chi connectivity index (χ0) is 13.8. The first-order valence-electron chi connectivity index (χ1n) is 6.61. The van der Waals surface area contributed by atoms with E-state index in [1.165, 1.54) is 10.4 Å². The summed E-state index contributed by atoms with van der Waals surface area (Å²) in [6.45, 7) is 2.62. The molecule has 4 nitrogen and oxygen atoms in total. The van der Waals surface area contributed by atoms with Crippen molar-refractivity contribution >= 4 is 23.2 Å². The third-order valence-corrected chi connectivity index (χ3v) is 4.86. The van der Waals surface area contributed by atoms with Crippen molar-refractivity contribution in [2.75, 3.05) is 0 Å². The number of carboxylic acid groups (broad SMARTS) is 1. The zero-order valence-electron chi connectivity index (χ0n) is 11.0. The summed E-state index contributed by atoms with van der Waals surface area (Å²) in [5.74, 6) is -0.941. The highest BCUT2D eigenvalue weighted by Crippen LogP contribution is 2.29. The van der Waals surface area contributed by atoms with Crippen LogP contribution in [0.5, 0.6) is 0 Å². The van der Waals surface area contributed by atoms with E-state index in [9.17, 15) is 9.59 Å². The number of hydrogen-bond acceptors (Lipinski definition) is 3. The monoisotopic (exact) mass is 281 g/mol. The Morgan fingerprint density at radius 2 is 1.95 bits per heavy atom. The third-order valence-electron chi connectivity index (χ3n) is 3.84. The molecule has 2 N–H and O–H groups in total. The lowest BCUT2D eigenvalue weighted by atomic mass is 9.81. The van der Waals surface area contributed by atoms with Gasteiger partial charge in [-0.05, 0) is 49.6 Å². The Kier molecular flexibility index (Phi) is 4.58. The maximum absolute atomic E-state index is 12.0. The van der Waals surface area contributed by atoms with Crippen LogP contribution in [-0.2, 0) is 16.1 Å². The molecule has 1 aromatic rings. The number of rotatable bonds is 4. The van der Waals surface area contributed by atoms with E-state index in [2.05, 4.69) is 5.32 Å². The van der Waals surface area contributed by atoms with Crippen LogP contribution >= 0.6 is 11.3 Å². The Balaban J connectivity index is 1.79. The molecule has 0 radical (unpaired) electrons. The van der Waals surface area contributed by atoms with Crippen LogP contribution in [0.3, 0.4) is 0 Å². The molecular formula is C14H19NO3S. The van der Waals surface area contributed by atoms with Gasteiger partial charge < -0.3 is 10.4 Å². The number of carbonyl (C=O) groups is 2. The molecule has 0 spiro atoms. The fourth-order valence-electron chi connectivity index (χ4n) is 2.50. The molecule has 0 bridgehead atoms. The lowest BCUT2D eigenvalue weighted by Crippen LogP contribution is -2.34. The smallest absolute Gasteiger partial charge is 0.306 e. The van der Waals surface area contributed by atoms with Crippen molar-refractivity contribution in [3.05, 3.63) is 21.9 Å². The maximum atomic E-state index is 12.0. The van der Waals surface area contributed by atoms with Crippen LogP contribution in [0.15, 0.2) is 11.4 Å². The minimum atomic E-state index is -0.729. The first-order valence-corrected chi connectivity index (χ1v) is 7.49. The molecule has 104 valence electrons. The summed E-state index contributed by atoms with van der Waals surface area (Å²) in [4.78, 5) is 24.1. The molecule has 1 aromatic heterocycles. The molecule has 0 saturated heterocycles. The van der Waals surface area contributed by atoms with Crippen molar-refractivity contribution in [1.82, 2.24) is 5.32 Å². The largest absolute Gasteiger partial charge is 0.481 e. The molecule has 1 aliphatic carbocycles. The van der Waals surface area contributed by atoms with Gasteiger partial charge in [0.05, 0.1) is 12.5 Å². The lowest BCUT2D eigenvalue weighted by molar-refractivity contribution is -0.144. The summed E-state index contributed by atoms with van der Waals surface area (Å²) in [6.07, 6.45) is 2.61. The first kappa shape index (κ1) is 14.1. The van der Waals surface area contributed by atoms with Crippen molar-refractivity contribution in [3.8, 4) is 0 Å². The van der Waals surface area contributed by atoms with Gasteiger partial charge in [0.25, 0.3) is 0 Å². The van der Waals surface area contributed by atoms with Crippen LogP contribution in [0.4, 0.5) is 0 Å². The van der Waals surface area contributed by atoms with Gasteiger partial charge in [0.2, 0.25) is 5.91 Å². The number of nitrogens with one attached hydrogen (secondary N) is 1. The van der Waals surface area contributed by atoms with Gasteiger partial charge in [0, 0.05) is 10.8 Å². The minimum absolute atomic E-state index is 0.0177. The van der Waals surface area contributed by atoms with E-state index in [-0.39, 0.29) is 17.7 Å². The number of amides is 1. The number of carboxylic acids is 1. The average molecular weight is 281 g/mol. The van der Waals surface area contributed by atoms with Crippen molar-refractivity contribution in [1.29, 1.82) is 0 Å². The van der Waals surface area contributed by atoms with Gasteiger partial charge in [-0.2, -0.15) is 0 Å². The summed E-state index contributed by atoms with van der Waals surface area (Å²) >= 11 is 1.65. The fraction of sp³-hybridized carbons (Fsp3) is 0.571. The van der Waals surface area contributed by atoms with E-state index < -0.39 is 5.97 Å². The van der Waals surface area contributed by atoms with Crippen LogP contribution < -0.4 is 5.32 Å². The molecule has 0 atom stereocenters. The highest BCUT2D eigenvalue weighted by molar-refractivity contribution is 7.10. The van der Waals surface area contributed by atoms with Crippen LogP contribution in [0.25, 0.3) is 0 Å². The molecular weight excluding hydrogens is 262 g/mol. The Morgan fingerprint density at radius 1 is 1.32 bits per heavy atom. The number of hydrogen-bond donors (Lipinski definition) is 2. The summed E-state index contributed by atoms with van der Waals surface area (Å²) in [5, 5.41) is 13.9. The van der Waals surface area contributed by atoms with Gasteiger partial charge in [-0.3, -0.25) is 9.59 Å². The summed E-state index contributed by atoms with van der Waals surface area (Å²) in [7, 11) is 0. The normalized spacial score (nSPS) is 23.0. The number of aliphatic carboxylic acids is 1. The highest BCUT2D eigenvalue weighted by Gasteiger charge is 2.29. The van der Waals surface area contributed by atoms with Crippen LogP contribution in [0, 0.1) is 18.8 Å². The van der Waals surface area contributed by atoms with Crippen LogP contribution in [-0.4, -0.2) is 17.0 Å². The van der Waals surface area contributed by atoms with Crippen molar-refractivity contribution < 1.29 is 14.7 Å². The molecule has 1 heterocycles. The summed E-state index contributed by atoms with van der Waals surface area (Å²) in [5.41, 5.74) is 1.21. The Morgan fingerprint density at radius 3 is 2.47 bits per heavy atom. The second kappa shape index (κ2) is 6.19. The molecule has 2 rings (SSSR count). The Bertz CT molecular complexity index is 461. The fourth-order valence-corrected chi connectivity index (χ4v) is 3.35. The Hall–Kier alpha value is -1.36. The third kappa shape index (κ3) is 3.56. The van der Waals surface area contributed by atoms with Gasteiger partial charge >= 0.3 is 5.97 Å². The number of carbonyl (C=O) groups excluding carboxylic acids is 1. The quantitative estimate of drug-likeness (QED) is 0.891. The molecule has 1 amide bonds. The molecule has 19 heavy (non-hydrogen) atoms. The van der Waals surface area contributed by atoms with E-state index in [1.54, 1.807) is 11.3 Å². The van der Waals surface area contributed by atoms with Crippen LogP contribution in [0.1, 0.15) is 36.1 Å². The molecule has 1 saturated carbocycles. The van der Waals surface area contributed by atoms with Gasteiger partial charge in [0.1, 0.15) is 0 Å². The summed E-state index contributed by atoms with van der Waals surface area (Å²) < 4.78 is 0. The predicted molar refractivity (Wildman–Crippen MR) is 74.0 cm³/mol. The molecule has 0 aliphatic heterocycles. The van der Waals surface area contributed by atoms with Crippen molar-refractivity contribution in [2.45, 2.75) is 39.2 Å². The van der Waals surface area contributed by atoms with E-state index in [0.29, 0.717) is 32.2 Å². The second-order valence-corrected chi connectivity index (χ2v) is 6.13. The van der Waals surface area contributed by atoms with Crippen LogP contribution in [0.2, 0.25) is 0 Å². The molecule has 0 aromatic carbocycles. The summed E-state index contributed by atoms with van der Waals surface area (Å²) in [6, 6.07) is 2.05. The SMILES string of the molecule is Cc1ccsc1CNC(=O)C1CCC(C(=O)O)CC1. The number of thiophene rings is 1. The highest BCUT2D eigenvalue weighted by atomic mass is 32.1. The standard InChI is InChI=1S/C14H19NO3S/c1-9-6-7-19-12(9)8-15-13(16)10-2-4-11(5-3-10)14(17)18/h6-7,10-11H,2-5,8H2,1H3,(H,15,16)(H,17,18). The van der Waals surface area contributed by atoms with E-state index in [1.807, 2.05) is 18.4 Å². The van der Waals surface area contributed by atoms with E-state index in [0.717, 1.165) is 0 Å².